The first kappa shape index (κ1) is 25.5. The Balaban J connectivity index is 1.31. The van der Waals surface area contributed by atoms with E-state index in [4.69, 9.17) is 21.3 Å². The van der Waals surface area contributed by atoms with Crippen molar-refractivity contribution in [3.63, 3.8) is 0 Å². The lowest BCUT2D eigenvalue weighted by Crippen LogP contribution is -2.25. The standard InChI is InChI=1S/C29H25ClN4O3S/c1-34(16-17-37-22-14-12-19(13-15-22)18-23-28(35)33-29(36)38-23)27-24(20-8-4-2-5-9-20)25(30)31-26(32-27)21-10-6-3-7-11-21/h2-15,35H,16-18H2,1H3,(H,33,36). The van der Waals surface area contributed by atoms with Gasteiger partial charge in [-0.05, 0) is 23.3 Å². The molecule has 0 aliphatic rings. The molecule has 192 valence electrons. The lowest BCUT2D eigenvalue weighted by molar-refractivity contribution is 0.325. The summed E-state index contributed by atoms with van der Waals surface area (Å²) in [6.07, 6.45) is 0.471. The maximum atomic E-state index is 11.4. The van der Waals surface area contributed by atoms with Crippen LogP contribution in [0.3, 0.4) is 0 Å². The summed E-state index contributed by atoms with van der Waals surface area (Å²) in [6.45, 7) is 0.987. The fourth-order valence-electron chi connectivity index (χ4n) is 4.04. The molecule has 0 aliphatic heterocycles. The molecule has 38 heavy (non-hydrogen) atoms. The Morgan fingerprint density at radius 3 is 2.24 bits per heavy atom. The number of hydrogen-bond acceptors (Lipinski definition) is 7. The molecule has 0 saturated carbocycles. The van der Waals surface area contributed by atoms with Crippen molar-refractivity contribution in [2.24, 2.45) is 0 Å². The number of hydrogen-bond donors (Lipinski definition) is 2. The van der Waals surface area contributed by atoms with Crippen LogP contribution < -0.4 is 14.5 Å². The number of nitrogens with zero attached hydrogens (tertiary/aromatic N) is 3. The molecule has 0 fully saturated rings. The summed E-state index contributed by atoms with van der Waals surface area (Å²) < 4.78 is 6.00. The number of thiazole rings is 1. The molecule has 2 N–H and O–H groups in total. The number of H-pyrrole nitrogens is 1. The molecule has 7 nitrogen and oxygen atoms in total. The van der Waals surface area contributed by atoms with Crippen LogP contribution in [0.4, 0.5) is 5.82 Å². The summed E-state index contributed by atoms with van der Waals surface area (Å²) in [6, 6.07) is 27.3. The third-order valence-electron chi connectivity index (χ3n) is 5.99. The smallest absolute Gasteiger partial charge is 0.307 e. The van der Waals surface area contributed by atoms with Crippen LogP contribution in [0.25, 0.3) is 22.5 Å². The highest BCUT2D eigenvalue weighted by molar-refractivity contribution is 7.09. The average molecular weight is 545 g/mol. The monoisotopic (exact) mass is 544 g/mol. The number of rotatable bonds is 9. The molecule has 0 unspecified atom stereocenters. The molecule has 0 radical (unpaired) electrons. The van der Waals surface area contributed by atoms with Crippen molar-refractivity contribution in [2.45, 2.75) is 6.42 Å². The van der Waals surface area contributed by atoms with Crippen molar-refractivity contribution in [2.75, 3.05) is 25.1 Å². The molecular formula is C29H25ClN4O3S. The first-order valence-corrected chi connectivity index (χ1v) is 13.2. The summed E-state index contributed by atoms with van der Waals surface area (Å²) in [4.78, 5) is 25.7. The number of benzene rings is 3. The highest BCUT2D eigenvalue weighted by Crippen LogP contribution is 2.36. The molecule has 0 aliphatic carbocycles. The summed E-state index contributed by atoms with van der Waals surface area (Å²) >= 11 is 7.74. The van der Waals surface area contributed by atoms with Crippen molar-refractivity contribution in [3.05, 3.63) is 110 Å². The van der Waals surface area contributed by atoms with Gasteiger partial charge >= 0.3 is 4.87 Å². The fourth-order valence-corrected chi connectivity index (χ4v) is 5.07. The van der Waals surface area contributed by atoms with Crippen LogP contribution in [0.15, 0.2) is 89.7 Å². The summed E-state index contributed by atoms with van der Waals surface area (Å²) in [7, 11) is 1.96. The van der Waals surface area contributed by atoms with Gasteiger partial charge in [-0.25, -0.2) is 9.97 Å². The third kappa shape index (κ3) is 5.88. The van der Waals surface area contributed by atoms with Crippen LogP contribution >= 0.6 is 22.9 Å². The lowest BCUT2D eigenvalue weighted by atomic mass is 10.1. The molecule has 5 rings (SSSR count). The van der Waals surface area contributed by atoms with Crippen molar-refractivity contribution in [1.29, 1.82) is 0 Å². The summed E-state index contributed by atoms with van der Waals surface area (Å²) in [5.41, 5.74) is 3.57. The Labute approximate surface area is 229 Å². The van der Waals surface area contributed by atoms with Gasteiger partial charge in [0.1, 0.15) is 23.3 Å². The summed E-state index contributed by atoms with van der Waals surface area (Å²) in [5.74, 6) is 1.94. The van der Waals surface area contributed by atoms with E-state index in [2.05, 4.69) is 9.97 Å². The number of aromatic hydroxyl groups is 1. The second-order valence-electron chi connectivity index (χ2n) is 8.65. The minimum absolute atomic E-state index is 0.0708. The van der Waals surface area contributed by atoms with E-state index < -0.39 is 0 Å². The molecule has 5 aromatic rings. The Hall–Kier alpha value is -4.14. The molecule has 0 saturated heterocycles. The third-order valence-corrected chi connectivity index (χ3v) is 7.13. The Morgan fingerprint density at radius 1 is 0.947 bits per heavy atom. The normalized spacial score (nSPS) is 10.9. The number of aromatic amines is 1. The van der Waals surface area contributed by atoms with Crippen molar-refractivity contribution >= 4 is 28.8 Å². The van der Waals surface area contributed by atoms with E-state index in [0.717, 1.165) is 45.2 Å². The van der Waals surface area contributed by atoms with Crippen LogP contribution in [-0.2, 0) is 6.42 Å². The van der Waals surface area contributed by atoms with Gasteiger partial charge in [0, 0.05) is 19.0 Å². The van der Waals surface area contributed by atoms with Crippen molar-refractivity contribution in [1.82, 2.24) is 15.0 Å². The van der Waals surface area contributed by atoms with Crippen LogP contribution in [0.2, 0.25) is 5.15 Å². The number of aromatic nitrogens is 3. The van der Waals surface area contributed by atoms with E-state index in [1.807, 2.05) is 96.9 Å². The first-order valence-electron chi connectivity index (χ1n) is 12.0. The number of nitrogens with one attached hydrogen (secondary N) is 1. The molecule has 9 heteroatoms. The lowest BCUT2D eigenvalue weighted by Gasteiger charge is -2.23. The predicted molar refractivity (Wildman–Crippen MR) is 153 cm³/mol. The van der Waals surface area contributed by atoms with Crippen LogP contribution in [-0.4, -0.2) is 40.3 Å². The predicted octanol–water partition coefficient (Wildman–Crippen LogP) is 6.03. The van der Waals surface area contributed by atoms with Crippen molar-refractivity contribution in [3.8, 4) is 34.1 Å². The second-order valence-corrected chi connectivity index (χ2v) is 10.1. The highest BCUT2D eigenvalue weighted by Gasteiger charge is 2.19. The number of likely N-dealkylation sites (N-methyl/N-ethyl adjacent to an activating group) is 1. The summed E-state index contributed by atoms with van der Waals surface area (Å²) in [5, 5.41) is 10.2. The Bertz CT molecular complexity index is 1570. The molecule has 0 spiro atoms. The van der Waals surface area contributed by atoms with Crippen LogP contribution in [0.1, 0.15) is 10.4 Å². The largest absolute Gasteiger partial charge is 0.494 e. The SMILES string of the molecule is CN(CCOc1ccc(Cc2sc(=O)[nH]c2O)cc1)c1nc(-c2ccccc2)nc(Cl)c1-c1ccccc1. The maximum absolute atomic E-state index is 11.4. The van der Waals surface area contributed by atoms with Crippen molar-refractivity contribution < 1.29 is 9.84 Å². The van der Waals surface area contributed by atoms with Gasteiger partial charge in [0.2, 0.25) is 5.88 Å². The quantitative estimate of drug-likeness (QED) is 0.220. The van der Waals surface area contributed by atoms with Gasteiger partial charge in [-0.3, -0.25) is 9.78 Å². The average Bonchev–Trinajstić information content (AvgIpc) is 3.26. The molecule has 3 aromatic carbocycles. The first-order chi connectivity index (χ1) is 18.5. The Morgan fingerprint density at radius 2 is 1.61 bits per heavy atom. The number of ether oxygens (including phenoxy) is 1. The van der Waals surface area contributed by atoms with E-state index in [-0.39, 0.29) is 10.8 Å². The van der Waals surface area contributed by atoms with Gasteiger partial charge in [-0.1, -0.05) is 95.7 Å². The zero-order valence-corrected chi connectivity index (χ0v) is 22.2. The zero-order valence-electron chi connectivity index (χ0n) is 20.6. The molecule has 0 bridgehead atoms. The van der Waals surface area contributed by atoms with E-state index >= 15 is 0 Å². The van der Waals surface area contributed by atoms with Gasteiger partial charge in [-0.2, -0.15) is 0 Å². The van der Waals surface area contributed by atoms with Crippen LogP contribution in [0, 0.1) is 0 Å². The zero-order chi connectivity index (χ0) is 26.5. The molecule has 0 atom stereocenters. The Kier molecular flexibility index (Phi) is 7.72. The molecular weight excluding hydrogens is 520 g/mol. The topological polar surface area (TPSA) is 91.3 Å². The van der Waals surface area contributed by atoms with Gasteiger partial charge in [0.15, 0.2) is 5.82 Å². The fraction of sp³-hybridized carbons (Fsp3) is 0.138. The minimum atomic E-state index is -0.266. The molecule has 0 amide bonds. The number of halogens is 1. The maximum Gasteiger partial charge on any atom is 0.307 e. The van der Waals surface area contributed by atoms with Crippen LogP contribution in [0.5, 0.6) is 11.6 Å². The van der Waals surface area contributed by atoms with Gasteiger partial charge in [0.25, 0.3) is 0 Å². The van der Waals surface area contributed by atoms with Gasteiger partial charge < -0.3 is 14.7 Å². The molecule has 2 heterocycles. The van der Waals surface area contributed by atoms with E-state index in [1.54, 1.807) is 0 Å². The minimum Gasteiger partial charge on any atom is -0.494 e. The highest BCUT2D eigenvalue weighted by atomic mass is 35.5. The van der Waals surface area contributed by atoms with Gasteiger partial charge in [-0.15, -0.1) is 0 Å². The van der Waals surface area contributed by atoms with E-state index in [1.165, 1.54) is 0 Å². The van der Waals surface area contributed by atoms with Gasteiger partial charge in [0.05, 0.1) is 17.0 Å². The second kappa shape index (κ2) is 11.5. The number of anilines is 1. The molecule has 2 aromatic heterocycles. The van der Waals surface area contributed by atoms with E-state index in [9.17, 15) is 9.90 Å². The van der Waals surface area contributed by atoms with E-state index in [0.29, 0.717) is 35.4 Å².